The highest BCUT2D eigenvalue weighted by atomic mass is 16.4. The molecule has 2 heterocycles. The Bertz CT molecular complexity index is 1040. The molecule has 0 saturated carbocycles. The number of carbonyl (C=O) groups is 4. The summed E-state index contributed by atoms with van der Waals surface area (Å²) in [6.45, 7) is 1.13. The van der Waals surface area contributed by atoms with Gasteiger partial charge < -0.3 is 36.5 Å². The Labute approximate surface area is 190 Å². The molecule has 178 valence electrons. The summed E-state index contributed by atoms with van der Waals surface area (Å²) in [5, 5.41) is 24.4. The van der Waals surface area contributed by atoms with Gasteiger partial charge in [0.1, 0.15) is 24.7 Å². The predicted molar refractivity (Wildman–Crippen MR) is 119 cm³/mol. The first-order valence-corrected chi connectivity index (χ1v) is 10.8. The molecular formula is C22H29N5O6. The Morgan fingerprint density at radius 2 is 2.00 bits per heavy atom. The number of H-pyrrole nitrogens is 1. The zero-order valence-corrected chi connectivity index (χ0v) is 18.3. The third-order valence-electron chi connectivity index (χ3n) is 5.79. The first-order chi connectivity index (χ1) is 15.7. The number of hydrogen-bond donors (Lipinski definition) is 6. The SMILES string of the molecule is CC(O)C(N)C(=O)N1CCCC1C(=O)NC(Cc1c[nH]c2ccccc12)C(=O)NCC(=O)O. The highest BCUT2D eigenvalue weighted by Gasteiger charge is 2.38. The lowest BCUT2D eigenvalue weighted by Crippen LogP contribution is -2.57. The van der Waals surface area contributed by atoms with Crippen molar-refractivity contribution in [3.8, 4) is 0 Å². The topological polar surface area (TPSA) is 178 Å². The fourth-order valence-corrected chi connectivity index (χ4v) is 3.98. The molecular weight excluding hydrogens is 430 g/mol. The Kier molecular flexibility index (Phi) is 7.67. The molecule has 1 aliphatic rings. The van der Waals surface area contributed by atoms with Gasteiger partial charge in [-0.05, 0) is 31.4 Å². The fraction of sp³-hybridized carbons (Fsp3) is 0.455. The summed E-state index contributed by atoms with van der Waals surface area (Å²) in [5.41, 5.74) is 7.41. The van der Waals surface area contributed by atoms with Crippen LogP contribution in [0.3, 0.4) is 0 Å². The number of benzene rings is 1. The molecule has 3 rings (SSSR count). The van der Waals surface area contributed by atoms with E-state index < -0.39 is 54.5 Å². The first kappa shape index (κ1) is 24.2. The number of carboxylic acids is 1. The second kappa shape index (κ2) is 10.5. The van der Waals surface area contributed by atoms with Crippen LogP contribution in [0.5, 0.6) is 0 Å². The molecule has 2 aromatic rings. The number of carboxylic acid groups (broad SMARTS) is 1. The lowest BCUT2D eigenvalue weighted by molar-refractivity contribution is -0.142. The molecule has 1 aliphatic heterocycles. The standard InChI is InChI=1S/C22H29N5O6/c1-12(28)19(23)22(33)27-8-4-7-17(27)21(32)26-16(20(31)25-11-18(29)30)9-13-10-24-15-6-3-2-5-14(13)15/h2-3,5-6,10,12,16-17,19,24,28H,4,7-9,11,23H2,1H3,(H,25,31)(H,26,32)(H,29,30). The first-order valence-electron chi connectivity index (χ1n) is 10.8. The summed E-state index contributed by atoms with van der Waals surface area (Å²) in [7, 11) is 0. The zero-order chi connectivity index (χ0) is 24.1. The monoisotopic (exact) mass is 459 g/mol. The van der Waals surface area contributed by atoms with Gasteiger partial charge in [-0.2, -0.15) is 0 Å². The number of aliphatic hydroxyl groups is 1. The highest BCUT2D eigenvalue weighted by molar-refractivity contribution is 5.94. The van der Waals surface area contributed by atoms with E-state index in [1.54, 1.807) is 6.20 Å². The number of nitrogens with two attached hydrogens (primary N) is 1. The summed E-state index contributed by atoms with van der Waals surface area (Å²) >= 11 is 0. The Balaban J connectivity index is 1.78. The minimum absolute atomic E-state index is 0.120. The van der Waals surface area contributed by atoms with Gasteiger partial charge in [-0.3, -0.25) is 19.2 Å². The number of carbonyl (C=O) groups excluding carboxylic acids is 3. The summed E-state index contributed by atoms with van der Waals surface area (Å²) in [5.74, 6) is -2.92. The number of aliphatic hydroxyl groups excluding tert-OH is 1. The minimum atomic E-state index is -1.21. The number of amides is 3. The van der Waals surface area contributed by atoms with Crippen molar-refractivity contribution in [2.45, 2.75) is 50.4 Å². The third kappa shape index (κ3) is 5.68. The Hall–Kier alpha value is -3.44. The van der Waals surface area contributed by atoms with Crippen molar-refractivity contribution >= 4 is 34.6 Å². The van der Waals surface area contributed by atoms with Gasteiger partial charge in [0, 0.05) is 30.1 Å². The molecule has 0 aliphatic carbocycles. The molecule has 1 fully saturated rings. The number of para-hydroxylation sites is 1. The summed E-state index contributed by atoms with van der Waals surface area (Å²) in [4.78, 5) is 53.8. The maximum Gasteiger partial charge on any atom is 0.322 e. The third-order valence-corrected chi connectivity index (χ3v) is 5.79. The number of nitrogens with zero attached hydrogens (tertiary/aromatic N) is 1. The van der Waals surface area contributed by atoms with E-state index in [1.165, 1.54) is 11.8 Å². The largest absolute Gasteiger partial charge is 0.480 e. The average molecular weight is 460 g/mol. The van der Waals surface area contributed by atoms with E-state index in [-0.39, 0.29) is 6.42 Å². The van der Waals surface area contributed by atoms with Crippen molar-refractivity contribution < 1.29 is 29.4 Å². The highest BCUT2D eigenvalue weighted by Crippen LogP contribution is 2.21. The lowest BCUT2D eigenvalue weighted by Gasteiger charge is -2.29. The van der Waals surface area contributed by atoms with Crippen LogP contribution in [0.4, 0.5) is 0 Å². The zero-order valence-electron chi connectivity index (χ0n) is 18.3. The van der Waals surface area contributed by atoms with E-state index in [1.807, 2.05) is 24.3 Å². The Morgan fingerprint density at radius 3 is 2.70 bits per heavy atom. The minimum Gasteiger partial charge on any atom is -0.480 e. The van der Waals surface area contributed by atoms with Crippen LogP contribution >= 0.6 is 0 Å². The van der Waals surface area contributed by atoms with E-state index >= 15 is 0 Å². The van der Waals surface area contributed by atoms with Crippen molar-refractivity contribution in [3.05, 3.63) is 36.0 Å². The number of nitrogens with one attached hydrogen (secondary N) is 3. The molecule has 0 radical (unpaired) electrons. The van der Waals surface area contributed by atoms with Gasteiger partial charge in [-0.15, -0.1) is 0 Å². The van der Waals surface area contributed by atoms with Crippen LogP contribution < -0.4 is 16.4 Å². The van der Waals surface area contributed by atoms with Crippen molar-refractivity contribution in [1.82, 2.24) is 20.5 Å². The van der Waals surface area contributed by atoms with Crippen LogP contribution in [0.2, 0.25) is 0 Å². The van der Waals surface area contributed by atoms with Gasteiger partial charge in [-0.25, -0.2) is 0 Å². The van der Waals surface area contributed by atoms with Crippen molar-refractivity contribution in [3.63, 3.8) is 0 Å². The second-order valence-electron chi connectivity index (χ2n) is 8.19. The number of hydrogen-bond acceptors (Lipinski definition) is 6. The van der Waals surface area contributed by atoms with Crippen molar-refractivity contribution in [2.75, 3.05) is 13.1 Å². The van der Waals surface area contributed by atoms with Gasteiger partial charge in [0.05, 0.1) is 6.10 Å². The lowest BCUT2D eigenvalue weighted by atomic mass is 10.0. The number of aromatic nitrogens is 1. The molecule has 11 nitrogen and oxygen atoms in total. The second-order valence-corrected chi connectivity index (χ2v) is 8.19. The number of rotatable bonds is 9. The number of aromatic amines is 1. The van der Waals surface area contributed by atoms with Crippen molar-refractivity contribution in [1.29, 1.82) is 0 Å². The molecule has 11 heteroatoms. The molecule has 1 aromatic carbocycles. The summed E-state index contributed by atoms with van der Waals surface area (Å²) in [6, 6.07) is 4.43. The number of fused-ring (bicyclic) bond motifs is 1. The van der Waals surface area contributed by atoms with E-state index in [9.17, 15) is 24.3 Å². The molecule has 3 amide bonds. The van der Waals surface area contributed by atoms with Gasteiger partial charge in [-0.1, -0.05) is 18.2 Å². The summed E-state index contributed by atoms with van der Waals surface area (Å²) < 4.78 is 0. The number of aliphatic carboxylic acids is 1. The molecule has 33 heavy (non-hydrogen) atoms. The Morgan fingerprint density at radius 1 is 1.27 bits per heavy atom. The number of likely N-dealkylation sites (tertiary alicyclic amines) is 1. The van der Waals surface area contributed by atoms with E-state index in [0.29, 0.717) is 19.4 Å². The van der Waals surface area contributed by atoms with Crippen LogP contribution in [-0.2, 0) is 25.6 Å². The molecule has 0 bridgehead atoms. The van der Waals surface area contributed by atoms with Crippen LogP contribution in [0.1, 0.15) is 25.3 Å². The van der Waals surface area contributed by atoms with Gasteiger partial charge >= 0.3 is 5.97 Å². The molecule has 1 saturated heterocycles. The predicted octanol–water partition coefficient (Wildman–Crippen LogP) is -0.905. The quantitative estimate of drug-likeness (QED) is 0.281. The molecule has 1 aromatic heterocycles. The maximum absolute atomic E-state index is 13.1. The molecule has 4 unspecified atom stereocenters. The van der Waals surface area contributed by atoms with Gasteiger partial charge in [0.15, 0.2) is 0 Å². The van der Waals surface area contributed by atoms with Crippen LogP contribution in [0.15, 0.2) is 30.5 Å². The molecule has 4 atom stereocenters. The smallest absolute Gasteiger partial charge is 0.322 e. The molecule has 0 spiro atoms. The maximum atomic E-state index is 13.1. The van der Waals surface area contributed by atoms with Gasteiger partial charge in [0.25, 0.3) is 0 Å². The average Bonchev–Trinajstić information content (AvgIpc) is 3.43. The van der Waals surface area contributed by atoms with Crippen LogP contribution in [0, 0.1) is 0 Å². The van der Waals surface area contributed by atoms with Crippen LogP contribution in [0.25, 0.3) is 10.9 Å². The van der Waals surface area contributed by atoms with E-state index in [2.05, 4.69) is 15.6 Å². The van der Waals surface area contributed by atoms with E-state index in [4.69, 9.17) is 10.8 Å². The van der Waals surface area contributed by atoms with E-state index in [0.717, 1.165) is 16.5 Å². The fourth-order valence-electron chi connectivity index (χ4n) is 3.98. The normalized spacial score (nSPS) is 18.5. The van der Waals surface area contributed by atoms with Crippen molar-refractivity contribution in [2.24, 2.45) is 5.73 Å². The molecule has 7 N–H and O–H groups in total. The van der Waals surface area contributed by atoms with Gasteiger partial charge in [0.2, 0.25) is 17.7 Å². The summed E-state index contributed by atoms with van der Waals surface area (Å²) in [6.07, 6.45) is 1.75. The van der Waals surface area contributed by atoms with Crippen LogP contribution in [-0.4, -0.2) is 81.1 Å².